The number of aliphatic hydroxyl groups excluding tert-OH is 1. The molecule has 2 rings (SSSR count). The van der Waals surface area contributed by atoms with Crippen molar-refractivity contribution in [2.45, 2.75) is 12.5 Å². The molecule has 0 fully saturated rings. The van der Waals surface area contributed by atoms with Crippen LogP contribution >= 0.6 is 0 Å². The second-order valence-electron chi connectivity index (χ2n) is 4.13. The maximum absolute atomic E-state index is 13.5. The summed E-state index contributed by atoms with van der Waals surface area (Å²) in [5, 5.41) is 9.96. The van der Waals surface area contributed by atoms with E-state index in [1.54, 1.807) is 6.07 Å². The molecule has 0 radical (unpaired) electrons. The molecule has 3 nitrogen and oxygen atoms in total. The Morgan fingerprint density at radius 1 is 1.26 bits per heavy atom. The van der Waals surface area contributed by atoms with Crippen LogP contribution < -0.4 is 4.74 Å². The van der Waals surface area contributed by atoms with Gasteiger partial charge in [-0.2, -0.15) is 0 Å². The van der Waals surface area contributed by atoms with Crippen LogP contribution in [0.5, 0.6) is 5.75 Å². The van der Waals surface area contributed by atoms with Gasteiger partial charge in [-0.25, -0.2) is 8.78 Å². The van der Waals surface area contributed by atoms with Gasteiger partial charge >= 0.3 is 0 Å². The second-order valence-corrected chi connectivity index (χ2v) is 4.13. The third-order valence-corrected chi connectivity index (χ3v) is 2.76. The lowest BCUT2D eigenvalue weighted by Gasteiger charge is -2.11. The van der Waals surface area contributed by atoms with Crippen LogP contribution in [0.25, 0.3) is 0 Å². The van der Waals surface area contributed by atoms with Crippen molar-refractivity contribution in [3.05, 3.63) is 59.4 Å². The molecule has 1 N–H and O–H groups in total. The van der Waals surface area contributed by atoms with Gasteiger partial charge in [0.05, 0.1) is 19.4 Å². The molecule has 100 valence electrons. The van der Waals surface area contributed by atoms with Gasteiger partial charge in [-0.1, -0.05) is 6.07 Å². The smallest absolute Gasteiger partial charge is 0.165 e. The van der Waals surface area contributed by atoms with Crippen molar-refractivity contribution >= 4 is 0 Å². The van der Waals surface area contributed by atoms with E-state index in [0.29, 0.717) is 11.1 Å². The molecule has 1 heterocycles. The number of hydrogen-bond donors (Lipinski definition) is 1. The first-order valence-electron chi connectivity index (χ1n) is 5.71. The van der Waals surface area contributed by atoms with Crippen molar-refractivity contribution < 1.29 is 18.6 Å². The zero-order valence-electron chi connectivity index (χ0n) is 10.3. The highest BCUT2D eigenvalue weighted by molar-refractivity contribution is 5.30. The molecule has 0 aliphatic heterocycles. The van der Waals surface area contributed by atoms with Gasteiger partial charge in [0.25, 0.3) is 0 Å². The van der Waals surface area contributed by atoms with Crippen LogP contribution in [0.15, 0.2) is 36.7 Å². The third kappa shape index (κ3) is 3.26. The first-order chi connectivity index (χ1) is 9.10. The van der Waals surface area contributed by atoms with Gasteiger partial charge in [-0.3, -0.25) is 4.98 Å². The SMILES string of the molecule is COc1ccc(CC(O)c2cncc(F)c2)cc1F. The maximum Gasteiger partial charge on any atom is 0.165 e. The number of benzene rings is 1. The predicted octanol–water partition coefficient (Wildman–Crippen LogP) is 2.64. The molecule has 0 saturated carbocycles. The summed E-state index contributed by atoms with van der Waals surface area (Å²) in [6, 6.07) is 5.63. The first kappa shape index (κ1) is 13.4. The van der Waals surface area contributed by atoms with Crippen LogP contribution in [-0.4, -0.2) is 17.2 Å². The molecule has 0 aliphatic carbocycles. The van der Waals surface area contributed by atoms with Crippen LogP contribution in [-0.2, 0) is 6.42 Å². The molecule has 0 spiro atoms. The molecular weight excluding hydrogens is 252 g/mol. The van der Waals surface area contributed by atoms with Gasteiger partial charge < -0.3 is 9.84 Å². The van der Waals surface area contributed by atoms with E-state index in [1.807, 2.05) is 0 Å². The number of rotatable bonds is 4. The van der Waals surface area contributed by atoms with Gasteiger partial charge in [-0.15, -0.1) is 0 Å². The third-order valence-electron chi connectivity index (χ3n) is 2.76. The van der Waals surface area contributed by atoms with Crippen LogP contribution in [0, 0.1) is 11.6 Å². The van der Waals surface area contributed by atoms with E-state index in [4.69, 9.17) is 4.74 Å². The minimum Gasteiger partial charge on any atom is -0.494 e. The van der Waals surface area contributed by atoms with Crippen molar-refractivity contribution in [1.82, 2.24) is 4.98 Å². The molecule has 0 saturated heterocycles. The fraction of sp³-hybridized carbons (Fsp3) is 0.214. The monoisotopic (exact) mass is 265 g/mol. The topological polar surface area (TPSA) is 42.4 Å². The predicted molar refractivity (Wildman–Crippen MR) is 65.8 cm³/mol. The maximum atomic E-state index is 13.5. The number of ether oxygens (including phenoxy) is 1. The molecule has 0 bridgehead atoms. The Balaban J connectivity index is 2.14. The fourth-order valence-corrected chi connectivity index (χ4v) is 1.79. The van der Waals surface area contributed by atoms with Crippen LogP contribution in [0.3, 0.4) is 0 Å². The molecule has 1 aromatic heterocycles. The quantitative estimate of drug-likeness (QED) is 0.924. The summed E-state index contributed by atoms with van der Waals surface area (Å²) in [4.78, 5) is 3.66. The van der Waals surface area contributed by atoms with E-state index in [1.165, 1.54) is 31.5 Å². The van der Waals surface area contributed by atoms with Crippen LogP contribution in [0.1, 0.15) is 17.2 Å². The van der Waals surface area contributed by atoms with Crippen LogP contribution in [0.4, 0.5) is 8.78 Å². The minimum absolute atomic E-state index is 0.144. The number of hydrogen-bond acceptors (Lipinski definition) is 3. The lowest BCUT2D eigenvalue weighted by Crippen LogP contribution is -2.03. The summed E-state index contributed by atoms with van der Waals surface area (Å²) < 4.78 is 31.3. The van der Waals surface area contributed by atoms with E-state index in [9.17, 15) is 13.9 Å². The van der Waals surface area contributed by atoms with E-state index in [0.717, 1.165) is 6.20 Å². The molecule has 1 atom stereocenters. The zero-order valence-corrected chi connectivity index (χ0v) is 10.3. The van der Waals surface area contributed by atoms with E-state index < -0.39 is 17.7 Å². The van der Waals surface area contributed by atoms with E-state index in [-0.39, 0.29) is 12.2 Å². The van der Waals surface area contributed by atoms with Crippen molar-refractivity contribution in [2.75, 3.05) is 7.11 Å². The number of aliphatic hydroxyl groups is 1. The molecule has 0 amide bonds. The fourth-order valence-electron chi connectivity index (χ4n) is 1.79. The average molecular weight is 265 g/mol. The molecular formula is C14H13F2NO2. The van der Waals surface area contributed by atoms with Gasteiger partial charge in [0.15, 0.2) is 11.6 Å². The highest BCUT2D eigenvalue weighted by Crippen LogP contribution is 2.22. The Bertz CT molecular complexity index is 575. The van der Waals surface area contributed by atoms with Crippen molar-refractivity contribution in [2.24, 2.45) is 0 Å². The molecule has 19 heavy (non-hydrogen) atoms. The molecule has 0 aliphatic rings. The number of nitrogens with zero attached hydrogens (tertiary/aromatic N) is 1. The van der Waals surface area contributed by atoms with E-state index >= 15 is 0 Å². The Morgan fingerprint density at radius 3 is 2.68 bits per heavy atom. The molecule has 1 aromatic carbocycles. The Kier molecular flexibility index (Phi) is 4.06. The first-order valence-corrected chi connectivity index (χ1v) is 5.71. The standard InChI is InChI=1S/C14H13F2NO2/c1-19-14-3-2-9(4-12(14)16)5-13(18)10-6-11(15)8-17-7-10/h2-4,6-8,13,18H,5H2,1H3. The summed E-state index contributed by atoms with van der Waals surface area (Å²) in [5.74, 6) is -0.868. The largest absolute Gasteiger partial charge is 0.494 e. The number of halogens is 2. The van der Waals surface area contributed by atoms with Crippen molar-refractivity contribution in [1.29, 1.82) is 0 Å². The summed E-state index contributed by atoms with van der Waals surface area (Å²) >= 11 is 0. The van der Waals surface area contributed by atoms with Crippen molar-refractivity contribution in [3.8, 4) is 5.75 Å². The Hall–Kier alpha value is -2.01. The average Bonchev–Trinajstić information content (AvgIpc) is 2.39. The lowest BCUT2D eigenvalue weighted by atomic mass is 10.0. The van der Waals surface area contributed by atoms with Crippen LogP contribution in [0.2, 0.25) is 0 Å². The number of pyridine rings is 1. The molecule has 5 heteroatoms. The summed E-state index contributed by atoms with van der Waals surface area (Å²) in [6.07, 6.45) is 1.68. The summed E-state index contributed by atoms with van der Waals surface area (Å²) in [7, 11) is 1.38. The van der Waals surface area contributed by atoms with Gasteiger partial charge in [-0.05, 0) is 23.8 Å². The van der Waals surface area contributed by atoms with Gasteiger partial charge in [0, 0.05) is 18.2 Å². The number of aromatic nitrogens is 1. The molecule has 1 unspecified atom stereocenters. The highest BCUT2D eigenvalue weighted by Gasteiger charge is 2.12. The second kappa shape index (κ2) is 5.75. The number of methoxy groups -OCH3 is 1. The van der Waals surface area contributed by atoms with Gasteiger partial charge in [0.1, 0.15) is 5.82 Å². The van der Waals surface area contributed by atoms with Gasteiger partial charge in [0.2, 0.25) is 0 Å². The molecule has 2 aromatic rings. The lowest BCUT2D eigenvalue weighted by molar-refractivity contribution is 0.177. The summed E-state index contributed by atoms with van der Waals surface area (Å²) in [5.41, 5.74) is 0.950. The zero-order chi connectivity index (χ0) is 13.8. The minimum atomic E-state index is -0.934. The Morgan fingerprint density at radius 2 is 2.05 bits per heavy atom. The van der Waals surface area contributed by atoms with E-state index in [2.05, 4.69) is 4.98 Å². The Labute approximate surface area is 109 Å². The normalized spacial score (nSPS) is 12.2. The highest BCUT2D eigenvalue weighted by atomic mass is 19.1. The summed E-state index contributed by atoms with van der Waals surface area (Å²) in [6.45, 7) is 0. The van der Waals surface area contributed by atoms with Crippen molar-refractivity contribution in [3.63, 3.8) is 0 Å².